The fraction of sp³-hybridized carbons (Fsp3) is 0.609. The molecule has 2 aliphatic rings. The largest absolute Gasteiger partial charge is 0.333 e. The van der Waals surface area contributed by atoms with Crippen LogP contribution in [-0.2, 0) is 6.54 Å². The van der Waals surface area contributed by atoms with Crippen LogP contribution in [0.25, 0.3) is 0 Å². The van der Waals surface area contributed by atoms with Crippen LogP contribution in [0.5, 0.6) is 0 Å². The van der Waals surface area contributed by atoms with Crippen LogP contribution in [-0.4, -0.2) is 51.4 Å². The number of amides is 1. The van der Waals surface area contributed by atoms with Gasteiger partial charge in [0.05, 0.1) is 11.2 Å². The van der Waals surface area contributed by atoms with Gasteiger partial charge in [0.25, 0.3) is 5.91 Å². The number of likely N-dealkylation sites (tertiary alicyclic amines) is 1. The third-order valence-corrected chi connectivity index (χ3v) is 7.36. The van der Waals surface area contributed by atoms with Gasteiger partial charge in [-0.3, -0.25) is 9.78 Å². The molecule has 0 spiro atoms. The van der Waals surface area contributed by atoms with E-state index in [0.717, 1.165) is 35.3 Å². The van der Waals surface area contributed by atoms with E-state index in [0.29, 0.717) is 12.5 Å². The number of hydrogen-bond donors (Lipinski definition) is 0. The van der Waals surface area contributed by atoms with E-state index in [1.807, 2.05) is 24.1 Å². The normalized spacial score (nSPS) is 21.2. The zero-order valence-electron chi connectivity index (χ0n) is 17.4. The van der Waals surface area contributed by atoms with E-state index in [1.54, 1.807) is 11.7 Å². The summed E-state index contributed by atoms with van der Waals surface area (Å²) in [6.07, 6.45) is 13.0. The number of carbonyl (C=O) groups is 1. The molecule has 6 heteroatoms. The van der Waals surface area contributed by atoms with E-state index in [4.69, 9.17) is 0 Å². The Morgan fingerprint density at radius 3 is 2.83 bits per heavy atom. The van der Waals surface area contributed by atoms with Crippen molar-refractivity contribution >= 4 is 17.2 Å². The van der Waals surface area contributed by atoms with Crippen LogP contribution in [0.15, 0.2) is 30.0 Å². The first-order valence-corrected chi connectivity index (χ1v) is 11.9. The number of nitrogens with zero attached hydrogens (tertiary/aromatic N) is 4. The summed E-state index contributed by atoms with van der Waals surface area (Å²) >= 11 is 1.45. The zero-order chi connectivity index (χ0) is 20.1. The lowest BCUT2D eigenvalue weighted by molar-refractivity contribution is 0.0586. The lowest BCUT2D eigenvalue weighted by Crippen LogP contribution is -2.47. The van der Waals surface area contributed by atoms with E-state index in [1.165, 1.54) is 62.8 Å². The third-order valence-electron chi connectivity index (χ3n) is 6.44. The summed E-state index contributed by atoms with van der Waals surface area (Å²) in [5.74, 6) is 0.656. The van der Waals surface area contributed by atoms with Crippen LogP contribution in [0.4, 0.5) is 0 Å². The van der Waals surface area contributed by atoms with Gasteiger partial charge in [-0.05, 0) is 56.7 Å². The molecule has 0 bridgehead atoms. The third kappa shape index (κ3) is 5.23. The Morgan fingerprint density at radius 2 is 2.10 bits per heavy atom. The van der Waals surface area contributed by atoms with Crippen molar-refractivity contribution in [3.8, 4) is 0 Å². The molecule has 2 aromatic rings. The van der Waals surface area contributed by atoms with Gasteiger partial charge in [0.15, 0.2) is 0 Å². The highest BCUT2D eigenvalue weighted by Gasteiger charge is 2.30. The molecule has 3 heterocycles. The predicted molar refractivity (Wildman–Crippen MR) is 117 cm³/mol. The van der Waals surface area contributed by atoms with Gasteiger partial charge >= 0.3 is 0 Å². The molecular formula is C23H32N4OS. The van der Waals surface area contributed by atoms with Crippen molar-refractivity contribution in [2.24, 2.45) is 5.92 Å². The molecule has 1 aliphatic heterocycles. The summed E-state index contributed by atoms with van der Waals surface area (Å²) in [5.41, 5.74) is 3.70. The SMILES string of the molecule is Cc1ncsc1C(=O)N(Cc1cccnc1)C[C@H]1CCCN(C2CCCCC2)C1. The summed E-state index contributed by atoms with van der Waals surface area (Å²) in [6.45, 7) is 5.71. The maximum absolute atomic E-state index is 13.4. The molecule has 156 valence electrons. The van der Waals surface area contributed by atoms with E-state index >= 15 is 0 Å². The Bertz CT molecular complexity index is 787. The maximum Gasteiger partial charge on any atom is 0.266 e. The highest BCUT2D eigenvalue weighted by Crippen LogP contribution is 2.28. The number of piperidine rings is 1. The minimum Gasteiger partial charge on any atom is -0.333 e. The van der Waals surface area contributed by atoms with Gasteiger partial charge < -0.3 is 9.80 Å². The standard InChI is InChI=1S/C23H32N4OS/c1-18-22(29-17-25-18)23(28)27(14-19-7-5-11-24-13-19)16-20-8-6-12-26(15-20)21-9-3-2-4-10-21/h5,7,11,13,17,20-21H,2-4,6,8-10,12,14-16H2,1H3/t20-/m0/s1. The predicted octanol–water partition coefficient (Wildman–Crippen LogP) is 4.53. The number of aryl methyl sites for hydroxylation is 1. The summed E-state index contributed by atoms with van der Waals surface area (Å²) in [4.78, 5) is 27.4. The monoisotopic (exact) mass is 412 g/mol. The quantitative estimate of drug-likeness (QED) is 0.699. The molecule has 1 aliphatic carbocycles. The minimum absolute atomic E-state index is 0.114. The van der Waals surface area contributed by atoms with Crippen LogP contribution in [0.3, 0.4) is 0 Å². The molecule has 2 aromatic heterocycles. The van der Waals surface area contributed by atoms with Crippen LogP contribution < -0.4 is 0 Å². The molecule has 1 amide bonds. The molecule has 1 saturated carbocycles. The zero-order valence-corrected chi connectivity index (χ0v) is 18.2. The van der Waals surface area contributed by atoms with Crippen molar-refractivity contribution in [3.63, 3.8) is 0 Å². The van der Waals surface area contributed by atoms with E-state index in [9.17, 15) is 4.79 Å². The molecule has 0 radical (unpaired) electrons. The molecule has 0 aromatic carbocycles. The van der Waals surface area contributed by atoms with Crippen LogP contribution in [0.2, 0.25) is 0 Å². The van der Waals surface area contributed by atoms with Gasteiger partial charge in [-0.1, -0.05) is 25.3 Å². The van der Waals surface area contributed by atoms with Gasteiger partial charge in [0.1, 0.15) is 4.88 Å². The molecule has 5 nitrogen and oxygen atoms in total. The second-order valence-electron chi connectivity index (χ2n) is 8.61. The Kier molecular flexibility index (Phi) is 6.93. The van der Waals surface area contributed by atoms with Gasteiger partial charge in [-0.2, -0.15) is 0 Å². The van der Waals surface area contributed by atoms with Crippen molar-refractivity contribution in [2.75, 3.05) is 19.6 Å². The Hall–Kier alpha value is -1.79. The van der Waals surface area contributed by atoms with Crippen LogP contribution in [0.1, 0.15) is 65.9 Å². The van der Waals surface area contributed by atoms with Crippen molar-refractivity contribution in [1.29, 1.82) is 0 Å². The summed E-state index contributed by atoms with van der Waals surface area (Å²) in [5, 5.41) is 0. The Morgan fingerprint density at radius 1 is 1.24 bits per heavy atom. The molecule has 1 atom stereocenters. The molecule has 0 unspecified atom stereocenters. The van der Waals surface area contributed by atoms with Crippen molar-refractivity contribution in [3.05, 3.63) is 46.2 Å². The van der Waals surface area contributed by atoms with Crippen LogP contribution >= 0.6 is 11.3 Å². The summed E-state index contributed by atoms with van der Waals surface area (Å²) in [6, 6.07) is 4.77. The second kappa shape index (κ2) is 9.81. The second-order valence-corrected chi connectivity index (χ2v) is 9.46. The van der Waals surface area contributed by atoms with Crippen molar-refractivity contribution in [2.45, 2.75) is 64.5 Å². The molecule has 1 saturated heterocycles. The average Bonchev–Trinajstić information content (AvgIpc) is 3.20. The summed E-state index contributed by atoms with van der Waals surface area (Å²) < 4.78 is 0. The fourth-order valence-corrected chi connectivity index (χ4v) is 5.69. The van der Waals surface area contributed by atoms with Gasteiger partial charge in [0, 0.05) is 38.1 Å². The van der Waals surface area contributed by atoms with E-state index < -0.39 is 0 Å². The van der Waals surface area contributed by atoms with E-state index in [-0.39, 0.29) is 5.91 Å². The topological polar surface area (TPSA) is 49.3 Å². The number of hydrogen-bond acceptors (Lipinski definition) is 5. The molecule has 0 N–H and O–H groups in total. The Balaban J connectivity index is 1.47. The maximum atomic E-state index is 13.4. The molecule has 2 fully saturated rings. The van der Waals surface area contributed by atoms with Crippen LogP contribution in [0, 0.1) is 12.8 Å². The van der Waals surface area contributed by atoms with Gasteiger partial charge in [-0.15, -0.1) is 11.3 Å². The fourth-order valence-electron chi connectivity index (χ4n) is 4.92. The number of aromatic nitrogens is 2. The lowest BCUT2D eigenvalue weighted by Gasteiger charge is -2.41. The molecule has 4 rings (SSSR count). The average molecular weight is 413 g/mol. The highest BCUT2D eigenvalue weighted by molar-refractivity contribution is 7.11. The first kappa shape index (κ1) is 20.5. The Labute approximate surface area is 178 Å². The van der Waals surface area contributed by atoms with Crippen molar-refractivity contribution < 1.29 is 4.79 Å². The molecular weight excluding hydrogens is 380 g/mol. The van der Waals surface area contributed by atoms with E-state index in [2.05, 4.69) is 20.9 Å². The summed E-state index contributed by atoms with van der Waals surface area (Å²) in [7, 11) is 0. The lowest BCUT2D eigenvalue weighted by atomic mass is 9.90. The smallest absolute Gasteiger partial charge is 0.266 e. The number of carbonyl (C=O) groups excluding carboxylic acids is 1. The number of thiazole rings is 1. The number of pyridine rings is 1. The highest BCUT2D eigenvalue weighted by atomic mass is 32.1. The first-order valence-electron chi connectivity index (χ1n) is 11.0. The first-order chi connectivity index (χ1) is 14.2. The van der Waals surface area contributed by atoms with Crippen molar-refractivity contribution in [1.82, 2.24) is 19.8 Å². The van der Waals surface area contributed by atoms with Gasteiger partial charge in [0.2, 0.25) is 0 Å². The molecule has 29 heavy (non-hydrogen) atoms. The number of rotatable bonds is 6. The van der Waals surface area contributed by atoms with Gasteiger partial charge in [-0.25, -0.2) is 4.98 Å². The minimum atomic E-state index is 0.114.